The molecule has 0 heterocycles. The molecule has 7 nitrogen and oxygen atoms in total. The molecule has 0 radical (unpaired) electrons. The average molecular weight is 387 g/mol. The first-order valence-electron chi connectivity index (χ1n) is 7.84. The molecule has 8 heteroatoms. The normalized spacial score (nSPS) is 10.7. The van der Waals surface area contributed by atoms with E-state index in [1.807, 2.05) is 0 Å². The molecule has 0 aromatic heterocycles. The molecule has 27 heavy (non-hydrogen) atoms. The summed E-state index contributed by atoms with van der Waals surface area (Å²) in [5, 5.41) is 19.5. The van der Waals surface area contributed by atoms with E-state index in [9.17, 15) is 19.7 Å². The smallest absolute Gasteiger partial charge is 0.313 e. The van der Waals surface area contributed by atoms with Crippen molar-refractivity contribution in [3.05, 3.63) is 75.3 Å². The predicted octanol–water partition coefficient (Wildman–Crippen LogP) is 3.82. The van der Waals surface area contributed by atoms with Gasteiger partial charge in [0.05, 0.1) is 17.8 Å². The van der Waals surface area contributed by atoms with Gasteiger partial charge in [-0.25, -0.2) is 0 Å². The third kappa shape index (κ3) is 5.96. The number of nitro benzene ring substituents is 1. The van der Waals surface area contributed by atoms with Crippen LogP contribution in [-0.2, 0) is 10.5 Å². The van der Waals surface area contributed by atoms with E-state index in [2.05, 4.69) is 0 Å². The lowest BCUT2D eigenvalue weighted by Gasteiger charge is -2.09. The minimum atomic E-state index is -0.911. The van der Waals surface area contributed by atoms with Crippen LogP contribution < -0.4 is 4.74 Å². The molecule has 2 aromatic carbocycles. The summed E-state index contributed by atoms with van der Waals surface area (Å²) >= 11 is 1.21. The molecular weight excluding hydrogens is 370 g/mol. The minimum absolute atomic E-state index is 0.0476. The van der Waals surface area contributed by atoms with E-state index >= 15 is 0 Å². The highest BCUT2D eigenvalue weighted by Crippen LogP contribution is 2.25. The van der Waals surface area contributed by atoms with Gasteiger partial charge in [-0.2, -0.15) is 0 Å². The molecule has 0 fully saturated rings. The van der Waals surface area contributed by atoms with E-state index in [0.717, 1.165) is 5.56 Å². The molecule has 140 valence electrons. The zero-order chi connectivity index (χ0) is 19.8. The van der Waals surface area contributed by atoms with Crippen LogP contribution in [-0.4, -0.2) is 34.6 Å². The number of non-ortho nitro benzene ring substituents is 1. The lowest BCUT2D eigenvalue weighted by molar-refractivity contribution is -0.384. The Morgan fingerprint density at radius 3 is 2.70 bits per heavy atom. The first-order valence-corrected chi connectivity index (χ1v) is 8.99. The molecule has 1 N–H and O–H groups in total. The van der Waals surface area contributed by atoms with E-state index in [4.69, 9.17) is 9.84 Å². The molecule has 0 aliphatic rings. The van der Waals surface area contributed by atoms with Gasteiger partial charge in [-0.3, -0.25) is 19.7 Å². The molecule has 0 atom stereocenters. The van der Waals surface area contributed by atoms with Gasteiger partial charge >= 0.3 is 5.97 Å². The van der Waals surface area contributed by atoms with Crippen LogP contribution in [0.25, 0.3) is 6.08 Å². The Morgan fingerprint density at radius 1 is 1.26 bits per heavy atom. The highest BCUT2D eigenvalue weighted by molar-refractivity contribution is 7.99. The number of ketones is 1. The van der Waals surface area contributed by atoms with Crippen molar-refractivity contribution in [3.8, 4) is 5.75 Å². The number of hydrogen-bond donors (Lipinski definition) is 1. The number of methoxy groups -OCH3 is 1. The second-order valence-corrected chi connectivity index (χ2v) is 6.45. The average Bonchev–Trinajstić information content (AvgIpc) is 2.66. The van der Waals surface area contributed by atoms with Gasteiger partial charge < -0.3 is 9.84 Å². The summed E-state index contributed by atoms with van der Waals surface area (Å²) in [5.74, 6) is -0.258. The molecule has 0 spiro atoms. The van der Waals surface area contributed by atoms with Crippen molar-refractivity contribution in [2.24, 2.45) is 0 Å². The van der Waals surface area contributed by atoms with Crippen molar-refractivity contribution in [1.29, 1.82) is 0 Å². The summed E-state index contributed by atoms with van der Waals surface area (Å²) < 4.78 is 5.25. The molecule has 0 saturated carbocycles. The Bertz CT molecular complexity index is 894. The second-order valence-electron chi connectivity index (χ2n) is 5.46. The third-order valence-corrected chi connectivity index (χ3v) is 4.52. The SMILES string of the molecule is COc1ccc(C(=O)/C=C/c2cccc([N+](=O)[O-])c2)cc1CSCC(=O)O. The summed E-state index contributed by atoms with van der Waals surface area (Å²) in [7, 11) is 1.50. The number of carboxylic acids is 1. The number of rotatable bonds is 9. The first kappa shape index (κ1) is 20.2. The number of hydrogen-bond acceptors (Lipinski definition) is 6. The predicted molar refractivity (Wildman–Crippen MR) is 103 cm³/mol. The Morgan fingerprint density at radius 2 is 2.04 bits per heavy atom. The summed E-state index contributed by atoms with van der Waals surface area (Å²) in [5.41, 5.74) is 1.64. The van der Waals surface area contributed by atoms with Crippen molar-refractivity contribution >= 4 is 35.3 Å². The third-order valence-electron chi connectivity index (χ3n) is 3.56. The fraction of sp³-hybridized carbons (Fsp3) is 0.158. The number of ether oxygens (including phenoxy) is 1. The monoisotopic (exact) mass is 387 g/mol. The van der Waals surface area contributed by atoms with Crippen molar-refractivity contribution in [3.63, 3.8) is 0 Å². The van der Waals surface area contributed by atoms with Gasteiger partial charge in [-0.05, 0) is 29.8 Å². The van der Waals surface area contributed by atoms with Crippen molar-refractivity contribution in [2.45, 2.75) is 5.75 Å². The lowest BCUT2D eigenvalue weighted by Crippen LogP contribution is -2.01. The van der Waals surface area contributed by atoms with E-state index in [0.29, 0.717) is 22.6 Å². The summed E-state index contributed by atoms with van der Waals surface area (Å²) in [6, 6.07) is 10.9. The Hall–Kier alpha value is -3.13. The van der Waals surface area contributed by atoms with Crippen LogP contribution in [0.5, 0.6) is 5.75 Å². The number of thioether (sulfide) groups is 1. The van der Waals surface area contributed by atoms with Crippen LogP contribution in [0, 0.1) is 10.1 Å². The topological polar surface area (TPSA) is 107 Å². The van der Waals surface area contributed by atoms with Gasteiger partial charge in [0.2, 0.25) is 0 Å². The first-order chi connectivity index (χ1) is 12.9. The number of allylic oxidation sites excluding steroid dienone is 1. The number of nitrogens with zero attached hydrogens (tertiary/aromatic N) is 1. The maximum absolute atomic E-state index is 12.4. The zero-order valence-corrected chi connectivity index (χ0v) is 15.3. The number of aliphatic carboxylic acids is 1. The van der Waals surface area contributed by atoms with Gasteiger partial charge in [0.25, 0.3) is 5.69 Å². The molecular formula is C19H17NO6S. The maximum atomic E-state index is 12.4. The van der Waals surface area contributed by atoms with Gasteiger partial charge in [-0.1, -0.05) is 18.2 Å². The molecule has 0 aliphatic carbocycles. The molecule has 2 aromatic rings. The van der Waals surface area contributed by atoms with Crippen LogP contribution in [0.3, 0.4) is 0 Å². The maximum Gasteiger partial charge on any atom is 0.313 e. The highest BCUT2D eigenvalue weighted by atomic mass is 32.2. The fourth-order valence-electron chi connectivity index (χ4n) is 2.30. The number of nitro groups is 1. The summed E-state index contributed by atoms with van der Waals surface area (Å²) in [6.45, 7) is 0. The van der Waals surface area contributed by atoms with E-state index < -0.39 is 10.9 Å². The number of benzene rings is 2. The van der Waals surface area contributed by atoms with E-state index in [1.54, 1.807) is 30.3 Å². The fourth-order valence-corrected chi connectivity index (χ4v) is 3.03. The van der Waals surface area contributed by atoms with E-state index in [1.165, 1.54) is 43.2 Å². The van der Waals surface area contributed by atoms with Crippen LogP contribution in [0.15, 0.2) is 48.5 Å². The number of carbonyl (C=O) groups excluding carboxylic acids is 1. The molecule has 2 rings (SSSR count). The van der Waals surface area contributed by atoms with Crippen LogP contribution in [0.1, 0.15) is 21.5 Å². The molecule has 0 saturated heterocycles. The summed E-state index contributed by atoms with van der Waals surface area (Å²) in [4.78, 5) is 33.4. The molecule has 0 unspecified atom stereocenters. The van der Waals surface area contributed by atoms with E-state index in [-0.39, 0.29) is 17.2 Å². The molecule has 0 amide bonds. The Kier molecular flexibility index (Phi) is 7.13. The number of carboxylic acid groups (broad SMARTS) is 1. The minimum Gasteiger partial charge on any atom is -0.496 e. The molecule has 0 bridgehead atoms. The Labute approximate surface area is 159 Å². The van der Waals surface area contributed by atoms with Gasteiger partial charge in [0, 0.05) is 29.0 Å². The van der Waals surface area contributed by atoms with Crippen molar-refractivity contribution < 1.29 is 24.4 Å². The largest absolute Gasteiger partial charge is 0.496 e. The Balaban J connectivity index is 2.16. The quantitative estimate of drug-likeness (QED) is 0.302. The van der Waals surface area contributed by atoms with Crippen LogP contribution in [0.4, 0.5) is 5.69 Å². The van der Waals surface area contributed by atoms with Crippen molar-refractivity contribution in [2.75, 3.05) is 12.9 Å². The summed E-state index contributed by atoms with van der Waals surface area (Å²) in [6.07, 6.45) is 2.85. The molecule has 0 aliphatic heterocycles. The van der Waals surface area contributed by atoms with Crippen molar-refractivity contribution in [1.82, 2.24) is 0 Å². The van der Waals surface area contributed by atoms with Gasteiger partial charge in [-0.15, -0.1) is 11.8 Å². The van der Waals surface area contributed by atoms with Gasteiger partial charge in [0.1, 0.15) is 5.75 Å². The van der Waals surface area contributed by atoms with Crippen LogP contribution >= 0.6 is 11.8 Å². The highest BCUT2D eigenvalue weighted by Gasteiger charge is 2.10. The standard InChI is InChI=1S/C19H17NO6S/c1-26-18-8-6-14(10-15(18)11-27-12-19(22)23)17(21)7-5-13-3-2-4-16(9-13)20(24)25/h2-10H,11-12H2,1H3,(H,22,23)/b7-5+. The van der Waals surface area contributed by atoms with Crippen LogP contribution in [0.2, 0.25) is 0 Å². The zero-order valence-electron chi connectivity index (χ0n) is 14.5. The second kappa shape index (κ2) is 9.54. The lowest BCUT2D eigenvalue weighted by atomic mass is 10.1. The van der Waals surface area contributed by atoms with Gasteiger partial charge in [0.15, 0.2) is 5.78 Å². The number of carbonyl (C=O) groups is 2.